The molecule has 2 aromatic carbocycles. The highest BCUT2D eigenvalue weighted by Crippen LogP contribution is 2.36. The van der Waals surface area contributed by atoms with E-state index in [1.165, 1.54) is 11.3 Å². The zero-order valence-corrected chi connectivity index (χ0v) is 17.2. The van der Waals surface area contributed by atoms with E-state index in [4.69, 9.17) is 9.47 Å². The quantitative estimate of drug-likeness (QED) is 0.694. The van der Waals surface area contributed by atoms with Crippen LogP contribution in [0.5, 0.6) is 11.5 Å². The summed E-state index contributed by atoms with van der Waals surface area (Å²) < 4.78 is 11.7. The highest BCUT2D eigenvalue weighted by molar-refractivity contribution is 7.22. The Morgan fingerprint density at radius 2 is 2.07 bits per heavy atom. The van der Waals surface area contributed by atoms with Gasteiger partial charge in [0.2, 0.25) is 11.8 Å². The number of aromatic nitrogens is 1. The van der Waals surface area contributed by atoms with Crippen LogP contribution in [0.3, 0.4) is 0 Å². The fourth-order valence-corrected chi connectivity index (χ4v) is 4.42. The molecule has 29 heavy (non-hydrogen) atoms. The maximum atomic E-state index is 12.8. The molecule has 1 N–H and O–H groups in total. The molecule has 4 rings (SSSR count). The predicted molar refractivity (Wildman–Crippen MR) is 113 cm³/mol. The second kappa shape index (κ2) is 7.71. The van der Waals surface area contributed by atoms with E-state index in [1.807, 2.05) is 25.1 Å². The lowest BCUT2D eigenvalue weighted by Crippen LogP contribution is -2.28. The van der Waals surface area contributed by atoms with Crippen LogP contribution in [0.4, 0.5) is 10.8 Å². The van der Waals surface area contributed by atoms with Crippen LogP contribution in [0.1, 0.15) is 12.0 Å². The largest absolute Gasteiger partial charge is 0.497 e. The number of hydrogen-bond acceptors (Lipinski definition) is 6. The second-order valence-corrected chi connectivity index (χ2v) is 7.90. The molecule has 8 heteroatoms. The van der Waals surface area contributed by atoms with Crippen LogP contribution in [0.2, 0.25) is 0 Å². The van der Waals surface area contributed by atoms with E-state index in [0.717, 1.165) is 15.8 Å². The minimum Gasteiger partial charge on any atom is -0.497 e. The van der Waals surface area contributed by atoms with Gasteiger partial charge in [-0.15, -0.1) is 0 Å². The van der Waals surface area contributed by atoms with Gasteiger partial charge in [0.25, 0.3) is 0 Å². The van der Waals surface area contributed by atoms with Crippen molar-refractivity contribution in [3.63, 3.8) is 0 Å². The number of aryl methyl sites for hydroxylation is 1. The minimum absolute atomic E-state index is 0.128. The summed E-state index contributed by atoms with van der Waals surface area (Å²) >= 11 is 1.43. The topological polar surface area (TPSA) is 80.8 Å². The van der Waals surface area contributed by atoms with Crippen molar-refractivity contribution in [2.75, 3.05) is 31.0 Å². The Kier molecular flexibility index (Phi) is 5.10. The molecule has 1 saturated heterocycles. The van der Waals surface area contributed by atoms with Crippen molar-refractivity contribution in [2.24, 2.45) is 5.92 Å². The molecule has 1 atom stereocenters. The van der Waals surface area contributed by atoms with E-state index >= 15 is 0 Å². The number of benzene rings is 2. The molecule has 2 heterocycles. The summed E-state index contributed by atoms with van der Waals surface area (Å²) in [5.74, 6) is 0.371. The first-order chi connectivity index (χ1) is 14.0. The summed E-state index contributed by atoms with van der Waals surface area (Å²) in [6, 6.07) is 11.2. The summed E-state index contributed by atoms with van der Waals surface area (Å²) in [5.41, 5.74) is 2.55. The number of amides is 2. The molecular weight excluding hydrogens is 390 g/mol. The standard InChI is InChI=1S/C21H21N3O4S/c1-12-5-4-6-17-19(12)22-21(29-17)23-20(26)13-9-18(25)24(11-13)15-10-14(27-2)7-8-16(15)28-3/h4-8,10,13H,9,11H2,1-3H3,(H,22,23,26)/t13-/m0/s1. The molecule has 0 aliphatic carbocycles. The van der Waals surface area contributed by atoms with Crippen molar-refractivity contribution in [3.05, 3.63) is 42.0 Å². The number of thiazole rings is 1. The molecule has 0 saturated carbocycles. The Balaban J connectivity index is 1.53. The lowest BCUT2D eigenvalue weighted by atomic mass is 10.1. The van der Waals surface area contributed by atoms with Gasteiger partial charge in [0.1, 0.15) is 11.5 Å². The summed E-state index contributed by atoms with van der Waals surface area (Å²) in [4.78, 5) is 31.5. The highest BCUT2D eigenvalue weighted by atomic mass is 32.1. The summed E-state index contributed by atoms with van der Waals surface area (Å²) in [6.07, 6.45) is 0.135. The maximum Gasteiger partial charge on any atom is 0.231 e. The molecule has 3 aromatic rings. The molecule has 1 aromatic heterocycles. The van der Waals surface area contributed by atoms with Crippen LogP contribution < -0.4 is 19.7 Å². The van der Waals surface area contributed by atoms with Crippen molar-refractivity contribution in [3.8, 4) is 11.5 Å². The number of para-hydroxylation sites is 1. The Morgan fingerprint density at radius 3 is 2.79 bits per heavy atom. The van der Waals surface area contributed by atoms with Gasteiger partial charge >= 0.3 is 0 Å². The SMILES string of the molecule is COc1ccc(OC)c(N2C[C@@H](C(=O)Nc3nc4c(C)cccc4s3)CC2=O)c1. The van der Waals surface area contributed by atoms with Crippen LogP contribution >= 0.6 is 11.3 Å². The Morgan fingerprint density at radius 1 is 1.24 bits per heavy atom. The van der Waals surface area contributed by atoms with Gasteiger partial charge in [0, 0.05) is 19.0 Å². The van der Waals surface area contributed by atoms with E-state index in [0.29, 0.717) is 22.3 Å². The number of ether oxygens (including phenoxy) is 2. The zero-order valence-electron chi connectivity index (χ0n) is 16.4. The number of fused-ring (bicyclic) bond motifs is 1. The number of anilines is 2. The molecule has 1 aliphatic rings. The van der Waals surface area contributed by atoms with Crippen LogP contribution in [-0.4, -0.2) is 37.6 Å². The molecule has 0 bridgehead atoms. The van der Waals surface area contributed by atoms with E-state index in [9.17, 15) is 9.59 Å². The van der Waals surface area contributed by atoms with Crippen molar-refractivity contribution >= 4 is 44.2 Å². The van der Waals surface area contributed by atoms with Crippen molar-refractivity contribution in [1.29, 1.82) is 0 Å². The van der Waals surface area contributed by atoms with Crippen molar-refractivity contribution in [2.45, 2.75) is 13.3 Å². The Labute approximate surface area is 172 Å². The van der Waals surface area contributed by atoms with E-state index in [1.54, 1.807) is 37.3 Å². The van der Waals surface area contributed by atoms with Gasteiger partial charge in [-0.05, 0) is 30.7 Å². The summed E-state index contributed by atoms with van der Waals surface area (Å²) in [5, 5.41) is 3.42. The third-order valence-corrected chi connectivity index (χ3v) is 5.96. The molecule has 1 fully saturated rings. The van der Waals surface area contributed by atoms with E-state index < -0.39 is 5.92 Å². The number of carbonyl (C=O) groups excluding carboxylic acids is 2. The molecule has 0 spiro atoms. The lowest BCUT2D eigenvalue weighted by Gasteiger charge is -2.20. The number of rotatable bonds is 5. The molecule has 1 aliphatic heterocycles. The number of hydrogen-bond donors (Lipinski definition) is 1. The fourth-order valence-electron chi connectivity index (χ4n) is 3.47. The Hall–Kier alpha value is -3.13. The zero-order chi connectivity index (χ0) is 20.5. The second-order valence-electron chi connectivity index (χ2n) is 6.87. The highest BCUT2D eigenvalue weighted by Gasteiger charge is 2.36. The molecule has 0 radical (unpaired) electrons. The van der Waals surface area contributed by atoms with Gasteiger partial charge in [-0.2, -0.15) is 0 Å². The smallest absolute Gasteiger partial charge is 0.231 e. The van der Waals surface area contributed by atoms with Gasteiger partial charge in [-0.25, -0.2) is 4.98 Å². The molecule has 0 unspecified atom stereocenters. The van der Waals surface area contributed by atoms with E-state index in [-0.39, 0.29) is 24.8 Å². The third kappa shape index (κ3) is 3.63. The van der Waals surface area contributed by atoms with Crippen LogP contribution in [0.25, 0.3) is 10.2 Å². The van der Waals surface area contributed by atoms with Gasteiger partial charge in [-0.1, -0.05) is 23.5 Å². The molecule has 150 valence electrons. The normalized spacial score (nSPS) is 16.3. The van der Waals surface area contributed by atoms with Gasteiger partial charge in [0.15, 0.2) is 5.13 Å². The van der Waals surface area contributed by atoms with Gasteiger partial charge in [0.05, 0.1) is 36.0 Å². The first kappa shape index (κ1) is 19.2. The minimum atomic E-state index is -0.466. The van der Waals surface area contributed by atoms with Gasteiger partial charge in [-0.3, -0.25) is 9.59 Å². The van der Waals surface area contributed by atoms with Crippen LogP contribution in [0, 0.1) is 12.8 Å². The van der Waals surface area contributed by atoms with Crippen molar-refractivity contribution in [1.82, 2.24) is 4.98 Å². The first-order valence-electron chi connectivity index (χ1n) is 9.19. The van der Waals surface area contributed by atoms with Crippen LogP contribution in [0.15, 0.2) is 36.4 Å². The average Bonchev–Trinajstić information content (AvgIpc) is 3.31. The maximum absolute atomic E-state index is 12.8. The van der Waals surface area contributed by atoms with E-state index in [2.05, 4.69) is 10.3 Å². The first-order valence-corrected chi connectivity index (χ1v) is 10.0. The molecular formula is C21H21N3O4S. The van der Waals surface area contributed by atoms with Gasteiger partial charge < -0.3 is 19.7 Å². The monoisotopic (exact) mass is 411 g/mol. The fraction of sp³-hybridized carbons (Fsp3) is 0.286. The summed E-state index contributed by atoms with van der Waals surface area (Å²) in [7, 11) is 3.11. The number of nitrogens with one attached hydrogen (secondary N) is 1. The number of methoxy groups -OCH3 is 2. The number of carbonyl (C=O) groups is 2. The molecule has 7 nitrogen and oxygen atoms in total. The van der Waals surface area contributed by atoms with Crippen molar-refractivity contribution < 1.29 is 19.1 Å². The third-order valence-electron chi connectivity index (χ3n) is 5.02. The average molecular weight is 411 g/mol. The number of nitrogens with zero attached hydrogens (tertiary/aromatic N) is 2. The predicted octanol–water partition coefficient (Wildman–Crippen LogP) is 3.61. The van der Waals surface area contributed by atoms with Crippen LogP contribution in [-0.2, 0) is 9.59 Å². The summed E-state index contributed by atoms with van der Waals surface area (Å²) in [6.45, 7) is 2.26. The molecule has 2 amide bonds. The lowest BCUT2D eigenvalue weighted by molar-refractivity contribution is -0.122. The Bertz CT molecular complexity index is 1090.